The first-order chi connectivity index (χ1) is 8.68. The van der Waals surface area contributed by atoms with Gasteiger partial charge in [0.1, 0.15) is 5.01 Å². The van der Waals surface area contributed by atoms with Crippen LogP contribution in [0, 0.1) is 0 Å². The predicted molar refractivity (Wildman–Crippen MR) is 74.5 cm³/mol. The maximum Gasteiger partial charge on any atom is 0.247 e. The number of hydrogen-bond acceptors (Lipinski definition) is 3. The third-order valence-electron chi connectivity index (χ3n) is 3.52. The summed E-state index contributed by atoms with van der Waals surface area (Å²) in [6, 6.07) is 0. The molecule has 0 aliphatic heterocycles. The molecule has 2 rings (SSSR count). The largest absolute Gasteiger partial charge is 0.340 e. The summed E-state index contributed by atoms with van der Waals surface area (Å²) in [6.07, 6.45) is 9.02. The molecule has 1 N–H and O–H groups in total. The Morgan fingerprint density at radius 2 is 2.28 bits per heavy atom. The van der Waals surface area contributed by atoms with E-state index in [0.717, 1.165) is 42.7 Å². The Morgan fingerprint density at radius 1 is 1.56 bits per heavy atom. The molecule has 1 aliphatic rings. The summed E-state index contributed by atoms with van der Waals surface area (Å²) in [5.74, 6) is 0.0500. The van der Waals surface area contributed by atoms with E-state index in [9.17, 15) is 4.79 Å². The average molecular weight is 264 g/mol. The van der Waals surface area contributed by atoms with Crippen molar-refractivity contribution in [2.45, 2.75) is 51.5 Å². The second-order valence-corrected chi connectivity index (χ2v) is 5.77. The molecule has 0 saturated heterocycles. The molecule has 1 saturated carbocycles. The summed E-state index contributed by atoms with van der Waals surface area (Å²) in [6.45, 7) is 3.92. The van der Waals surface area contributed by atoms with E-state index < -0.39 is 0 Å². The number of rotatable bonds is 4. The number of carbonyl (C=O) groups excluding carboxylic acids is 1. The summed E-state index contributed by atoms with van der Waals surface area (Å²) in [4.78, 5) is 16.6. The highest BCUT2D eigenvalue weighted by Gasteiger charge is 2.39. The molecule has 1 aliphatic carbocycles. The van der Waals surface area contributed by atoms with Crippen LogP contribution in [0.15, 0.2) is 23.2 Å². The number of aromatic nitrogens is 1. The number of amides is 1. The predicted octanol–water partition coefficient (Wildman–Crippen LogP) is 3.38. The summed E-state index contributed by atoms with van der Waals surface area (Å²) in [5.41, 5.74) is 0.592. The topological polar surface area (TPSA) is 42.0 Å². The van der Waals surface area contributed by atoms with Gasteiger partial charge in [-0.1, -0.05) is 25.8 Å². The fourth-order valence-electron chi connectivity index (χ4n) is 2.55. The van der Waals surface area contributed by atoms with E-state index in [-0.39, 0.29) is 11.4 Å². The van der Waals surface area contributed by atoms with Crippen LogP contribution in [0.5, 0.6) is 0 Å². The van der Waals surface area contributed by atoms with Crippen LogP contribution in [0.3, 0.4) is 0 Å². The van der Waals surface area contributed by atoms with E-state index in [0.29, 0.717) is 0 Å². The van der Waals surface area contributed by atoms with Crippen molar-refractivity contribution >= 4 is 17.2 Å². The first-order valence-electron chi connectivity index (χ1n) is 6.57. The van der Waals surface area contributed by atoms with Gasteiger partial charge >= 0.3 is 0 Å². The van der Waals surface area contributed by atoms with Crippen molar-refractivity contribution < 1.29 is 4.79 Å². The van der Waals surface area contributed by atoms with Crippen molar-refractivity contribution in [2.24, 2.45) is 0 Å². The summed E-state index contributed by atoms with van der Waals surface area (Å²) in [5, 5.41) is 6.26. The van der Waals surface area contributed by atoms with Crippen molar-refractivity contribution in [2.75, 3.05) is 0 Å². The number of nitrogens with zero attached hydrogens (tertiary/aromatic N) is 1. The van der Waals surface area contributed by atoms with Gasteiger partial charge in [0.15, 0.2) is 0 Å². The molecular formula is C14H20N2OS. The van der Waals surface area contributed by atoms with Crippen LogP contribution in [0.25, 0.3) is 0 Å². The molecule has 98 valence electrons. The number of nitrogens with one attached hydrogen (secondary N) is 1. The fraction of sp³-hybridized carbons (Fsp3) is 0.571. The molecule has 1 heterocycles. The molecule has 0 atom stereocenters. The molecule has 1 fully saturated rings. The van der Waals surface area contributed by atoms with Crippen molar-refractivity contribution in [3.8, 4) is 0 Å². The van der Waals surface area contributed by atoms with Gasteiger partial charge in [0, 0.05) is 17.2 Å². The smallest absolute Gasteiger partial charge is 0.247 e. The number of carbonyl (C=O) groups is 1. The number of hydrogen-bond donors (Lipinski definition) is 1. The van der Waals surface area contributed by atoms with E-state index in [4.69, 9.17) is 0 Å². The first-order valence-corrected chi connectivity index (χ1v) is 7.45. The molecule has 0 aromatic carbocycles. The Labute approximate surface area is 112 Å². The Hall–Kier alpha value is -1.16. The van der Waals surface area contributed by atoms with Crippen LogP contribution < -0.4 is 5.32 Å². The van der Waals surface area contributed by atoms with Crippen LogP contribution in [0.4, 0.5) is 0 Å². The molecule has 1 amide bonds. The highest BCUT2D eigenvalue weighted by Crippen LogP contribution is 2.39. The number of thiazole rings is 1. The molecule has 0 spiro atoms. The second-order valence-electron chi connectivity index (χ2n) is 4.88. The lowest BCUT2D eigenvalue weighted by Gasteiger charge is -2.28. The van der Waals surface area contributed by atoms with E-state index in [1.807, 2.05) is 31.5 Å². The van der Waals surface area contributed by atoms with Gasteiger partial charge < -0.3 is 5.32 Å². The molecule has 3 nitrogen and oxygen atoms in total. The Bertz CT molecular complexity index is 431. The lowest BCUT2D eigenvalue weighted by molar-refractivity contribution is -0.119. The van der Waals surface area contributed by atoms with Gasteiger partial charge in [0.2, 0.25) is 5.91 Å². The summed E-state index contributed by atoms with van der Waals surface area (Å²) in [7, 11) is 0. The van der Waals surface area contributed by atoms with Gasteiger partial charge in [-0.3, -0.25) is 4.79 Å². The van der Waals surface area contributed by atoms with Gasteiger partial charge in [-0.05, 0) is 26.2 Å². The van der Waals surface area contributed by atoms with Gasteiger partial charge in [-0.2, -0.15) is 0 Å². The Kier molecular flexibility index (Phi) is 4.17. The zero-order valence-electron chi connectivity index (χ0n) is 11.0. The van der Waals surface area contributed by atoms with E-state index >= 15 is 0 Å². The highest BCUT2D eigenvalue weighted by molar-refractivity contribution is 7.09. The monoisotopic (exact) mass is 264 g/mol. The molecule has 18 heavy (non-hydrogen) atoms. The molecule has 0 radical (unpaired) electrons. The molecule has 0 bridgehead atoms. The van der Waals surface area contributed by atoms with Crippen LogP contribution in [0.2, 0.25) is 0 Å². The van der Waals surface area contributed by atoms with Gasteiger partial charge in [0.25, 0.3) is 0 Å². The van der Waals surface area contributed by atoms with Gasteiger partial charge in [-0.25, -0.2) is 4.98 Å². The maximum atomic E-state index is 12.2. The minimum Gasteiger partial charge on any atom is -0.340 e. The maximum absolute atomic E-state index is 12.2. The second kappa shape index (κ2) is 5.65. The fourth-order valence-corrected chi connectivity index (χ4v) is 3.40. The first kappa shape index (κ1) is 13.3. The number of allylic oxidation sites excluding steroid dienone is 1. The van der Waals surface area contributed by atoms with E-state index in [1.165, 1.54) is 0 Å². The molecular weight excluding hydrogens is 244 g/mol. The molecule has 1 aromatic heterocycles. The third kappa shape index (κ3) is 2.64. The van der Waals surface area contributed by atoms with E-state index in [2.05, 4.69) is 10.3 Å². The average Bonchev–Trinajstić information content (AvgIpc) is 3.00. The summed E-state index contributed by atoms with van der Waals surface area (Å²) < 4.78 is 0. The SMILES string of the molecule is CC/C=C(/C)C(=O)NC1(c2nccs2)CCCC1. The van der Waals surface area contributed by atoms with Crippen molar-refractivity contribution in [3.05, 3.63) is 28.2 Å². The van der Waals surface area contributed by atoms with Crippen LogP contribution >= 0.6 is 11.3 Å². The van der Waals surface area contributed by atoms with Crippen molar-refractivity contribution in [3.63, 3.8) is 0 Å². The quantitative estimate of drug-likeness (QED) is 0.847. The zero-order valence-corrected chi connectivity index (χ0v) is 11.8. The van der Waals surface area contributed by atoms with Gasteiger partial charge in [0.05, 0.1) is 5.54 Å². The molecule has 0 unspecified atom stereocenters. The summed E-state index contributed by atoms with van der Waals surface area (Å²) >= 11 is 1.64. The lowest BCUT2D eigenvalue weighted by Crippen LogP contribution is -2.44. The van der Waals surface area contributed by atoms with Crippen LogP contribution in [-0.2, 0) is 10.3 Å². The van der Waals surface area contributed by atoms with Crippen LogP contribution in [0.1, 0.15) is 51.0 Å². The highest BCUT2D eigenvalue weighted by atomic mass is 32.1. The minimum atomic E-state index is -0.214. The normalized spacial score (nSPS) is 18.9. The minimum absolute atomic E-state index is 0.0500. The van der Waals surface area contributed by atoms with Crippen molar-refractivity contribution in [1.82, 2.24) is 10.3 Å². The zero-order chi connectivity index (χ0) is 13.0. The molecule has 4 heteroatoms. The lowest BCUT2D eigenvalue weighted by atomic mass is 9.97. The van der Waals surface area contributed by atoms with E-state index in [1.54, 1.807) is 11.3 Å². The molecule has 1 aromatic rings. The van der Waals surface area contributed by atoms with Crippen LogP contribution in [-0.4, -0.2) is 10.9 Å². The Balaban J connectivity index is 2.18. The standard InChI is InChI=1S/C14H20N2OS/c1-3-6-11(2)12(17)16-14(7-4-5-8-14)13-15-9-10-18-13/h6,9-10H,3-5,7-8H2,1-2H3,(H,16,17)/b11-6-. The Morgan fingerprint density at radius 3 is 2.83 bits per heavy atom. The van der Waals surface area contributed by atoms with Crippen molar-refractivity contribution in [1.29, 1.82) is 0 Å². The third-order valence-corrected chi connectivity index (χ3v) is 4.50. The van der Waals surface area contributed by atoms with Gasteiger partial charge in [-0.15, -0.1) is 11.3 Å².